The van der Waals surface area contributed by atoms with Crippen LogP contribution >= 0.6 is 11.3 Å². The number of rotatable bonds is 7. The molecule has 0 fully saturated rings. The molecule has 0 amide bonds. The van der Waals surface area contributed by atoms with Gasteiger partial charge in [0, 0.05) is 33.4 Å². The summed E-state index contributed by atoms with van der Waals surface area (Å²) >= 11 is 1.72. The van der Waals surface area contributed by atoms with Gasteiger partial charge in [0.05, 0.1) is 10.2 Å². The van der Waals surface area contributed by atoms with Crippen LogP contribution in [0.25, 0.3) is 86.9 Å². The zero-order valence-corrected chi connectivity index (χ0v) is 31.7. The van der Waals surface area contributed by atoms with Gasteiger partial charge >= 0.3 is 0 Å². The van der Waals surface area contributed by atoms with Crippen molar-refractivity contribution in [2.24, 2.45) is 0 Å². The summed E-state index contributed by atoms with van der Waals surface area (Å²) in [7, 11) is 0. The monoisotopic (exact) mass is 746 g/mol. The highest BCUT2D eigenvalue weighted by molar-refractivity contribution is 7.22. The predicted octanol–water partition coefficient (Wildman–Crippen LogP) is 15.5. The Balaban J connectivity index is 0.977. The second-order valence-electron chi connectivity index (χ2n) is 14.4. The molecule has 0 spiro atoms. The van der Waals surface area contributed by atoms with E-state index in [9.17, 15) is 0 Å². The van der Waals surface area contributed by atoms with Crippen molar-refractivity contribution in [3.8, 4) is 44.0 Å². The summed E-state index contributed by atoms with van der Waals surface area (Å²) in [5.74, 6) is 0. The quantitative estimate of drug-likeness (QED) is 0.163. The molecule has 2 aromatic heterocycles. The van der Waals surface area contributed by atoms with Crippen molar-refractivity contribution in [2.45, 2.75) is 0 Å². The van der Waals surface area contributed by atoms with Crippen LogP contribution in [0.5, 0.6) is 0 Å². The SMILES string of the molecule is c1ccc(-c2ccc(N(c3ccc(-c4ccc5c(c4)oc4ccc6nc(-c7ccccc7)sc6c45)cc3)c3cccc(-c4cccc5ccccc45)c3)cc2)cc1. The summed E-state index contributed by atoms with van der Waals surface area (Å²) in [5.41, 5.74) is 14.2. The number of fused-ring (bicyclic) bond motifs is 6. The van der Waals surface area contributed by atoms with Crippen molar-refractivity contribution in [3.05, 3.63) is 206 Å². The van der Waals surface area contributed by atoms with Crippen molar-refractivity contribution in [1.82, 2.24) is 4.98 Å². The van der Waals surface area contributed by atoms with Gasteiger partial charge in [-0.15, -0.1) is 11.3 Å². The number of anilines is 3. The fraction of sp³-hybridized carbons (Fsp3) is 0. The Labute approximate surface area is 334 Å². The largest absolute Gasteiger partial charge is 0.456 e. The topological polar surface area (TPSA) is 29.3 Å². The maximum absolute atomic E-state index is 6.50. The van der Waals surface area contributed by atoms with E-state index >= 15 is 0 Å². The zero-order valence-electron chi connectivity index (χ0n) is 30.8. The van der Waals surface area contributed by atoms with Gasteiger partial charge < -0.3 is 9.32 Å². The van der Waals surface area contributed by atoms with Gasteiger partial charge in [-0.3, -0.25) is 0 Å². The lowest BCUT2D eigenvalue weighted by molar-refractivity contribution is 0.669. The summed E-state index contributed by atoms with van der Waals surface area (Å²) in [6.45, 7) is 0. The Morgan fingerprint density at radius 2 is 1.02 bits per heavy atom. The molecule has 0 aliphatic heterocycles. The summed E-state index contributed by atoms with van der Waals surface area (Å²) in [6.07, 6.45) is 0. The molecule has 0 aliphatic carbocycles. The molecule has 11 aromatic rings. The average Bonchev–Trinajstić information content (AvgIpc) is 3.89. The fourth-order valence-electron chi connectivity index (χ4n) is 8.10. The van der Waals surface area contributed by atoms with E-state index < -0.39 is 0 Å². The number of nitrogens with zero attached hydrogens (tertiary/aromatic N) is 2. The van der Waals surface area contributed by atoms with Crippen molar-refractivity contribution < 1.29 is 4.42 Å². The van der Waals surface area contributed by atoms with Crippen LogP contribution in [0.3, 0.4) is 0 Å². The number of benzene rings is 9. The molecule has 4 heteroatoms. The molecule has 0 N–H and O–H groups in total. The summed E-state index contributed by atoms with van der Waals surface area (Å²) in [6, 6.07) is 73.4. The lowest BCUT2D eigenvalue weighted by Gasteiger charge is -2.26. The predicted molar refractivity (Wildman–Crippen MR) is 241 cm³/mol. The van der Waals surface area contributed by atoms with Crippen LogP contribution in [0, 0.1) is 0 Å². The van der Waals surface area contributed by atoms with Crippen LogP contribution in [0.1, 0.15) is 0 Å². The zero-order chi connectivity index (χ0) is 37.7. The van der Waals surface area contributed by atoms with Crippen LogP contribution in [-0.4, -0.2) is 4.98 Å². The van der Waals surface area contributed by atoms with Crippen LogP contribution in [-0.2, 0) is 0 Å². The van der Waals surface area contributed by atoms with E-state index in [-0.39, 0.29) is 0 Å². The van der Waals surface area contributed by atoms with E-state index in [0.29, 0.717) is 0 Å². The van der Waals surface area contributed by atoms with Gasteiger partial charge in [0.15, 0.2) is 0 Å². The van der Waals surface area contributed by atoms with E-state index in [4.69, 9.17) is 9.40 Å². The molecule has 0 aliphatic rings. The van der Waals surface area contributed by atoms with Crippen molar-refractivity contribution in [2.75, 3.05) is 4.90 Å². The number of hydrogen-bond acceptors (Lipinski definition) is 4. The minimum atomic E-state index is 0.874. The first-order chi connectivity index (χ1) is 28.2. The molecule has 9 aromatic carbocycles. The molecule has 0 saturated heterocycles. The van der Waals surface area contributed by atoms with Gasteiger partial charge in [0.1, 0.15) is 16.2 Å². The van der Waals surface area contributed by atoms with E-state index in [2.05, 4.69) is 205 Å². The molecule has 0 saturated carbocycles. The molecular formula is C53H34N2OS. The number of hydrogen-bond donors (Lipinski definition) is 0. The van der Waals surface area contributed by atoms with Gasteiger partial charge in [-0.05, 0) is 105 Å². The first-order valence-electron chi connectivity index (χ1n) is 19.2. The van der Waals surface area contributed by atoms with Gasteiger partial charge in [0.2, 0.25) is 0 Å². The Hall–Kier alpha value is -7.27. The minimum Gasteiger partial charge on any atom is -0.456 e. The third-order valence-corrected chi connectivity index (χ3v) is 12.0. The number of thiazole rings is 1. The van der Waals surface area contributed by atoms with Gasteiger partial charge in [-0.25, -0.2) is 4.98 Å². The molecule has 0 bridgehead atoms. The van der Waals surface area contributed by atoms with E-state index in [0.717, 1.165) is 70.9 Å². The lowest BCUT2D eigenvalue weighted by atomic mass is 9.97. The Morgan fingerprint density at radius 3 is 1.79 bits per heavy atom. The van der Waals surface area contributed by atoms with E-state index in [1.54, 1.807) is 11.3 Å². The fourth-order valence-corrected chi connectivity index (χ4v) is 9.23. The molecule has 2 heterocycles. The van der Waals surface area contributed by atoms with Crippen molar-refractivity contribution in [1.29, 1.82) is 0 Å². The average molecular weight is 747 g/mol. The number of furan rings is 1. The number of aromatic nitrogens is 1. The van der Waals surface area contributed by atoms with Crippen LogP contribution in [0.15, 0.2) is 211 Å². The van der Waals surface area contributed by atoms with Gasteiger partial charge in [-0.1, -0.05) is 146 Å². The molecule has 11 rings (SSSR count). The third kappa shape index (κ3) is 5.95. The standard InChI is InChI=1S/C53H34N2OS/c1-3-11-35(12-4-1)36-21-26-42(27-22-36)55(44-18-9-17-41(33-44)46-20-10-16-38-13-7-8-19-45(38)46)43-28-23-37(24-29-43)40-25-30-47-50(34-40)56-49-32-31-48-52(51(47)49)57-53(54-48)39-14-5-2-6-15-39/h1-34H. The first kappa shape index (κ1) is 33.1. The highest BCUT2D eigenvalue weighted by Gasteiger charge is 2.18. The molecule has 0 atom stereocenters. The van der Waals surface area contributed by atoms with Crippen molar-refractivity contribution in [3.63, 3.8) is 0 Å². The normalized spacial score (nSPS) is 11.5. The summed E-state index contributed by atoms with van der Waals surface area (Å²) in [4.78, 5) is 7.32. The smallest absolute Gasteiger partial charge is 0.137 e. The molecule has 57 heavy (non-hydrogen) atoms. The molecule has 268 valence electrons. The third-order valence-electron chi connectivity index (χ3n) is 10.9. The summed E-state index contributed by atoms with van der Waals surface area (Å²) < 4.78 is 7.66. The summed E-state index contributed by atoms with van der Waals surface area (Å²) in [5, 5.41) is 5.74. The minimum absolute atomic E-state index is 0.874. The highest BCUT2D eigenvalue weighted by Crippen LogP contribution is 2.42. The second kappa shape index (κ2) is 13.8. The van der Waals surface area contributed by atoms with Crippen LogP contribution in [0.4, 0.5) is 17.1 Å². The molecule has 3 nitrogen and oxygen atoms in total. The molecule has 0 radical (unpaired) electrons. The maximum atomic E-state index is 6.50. The van der Waals surface area contributed by atoms with E-state index in [1.165, 1.54) is 33.0 Å². The first-order valence-corrected chi connectivity index (χ1v) is 20.0. The lowest BCUT2D eigenvalue weighted by Crippen LogP contribution is -2.10. The van der Waals surface area contributed by atoms with Crippen LogP contribution in [0.2, 0.25) is 0 Å². The Bertz CT molecular complexity index is 3210. The Morgan fingerprint density at radius 1 is 0.404 bits per heavy atom. The maximum Gasteiger partial charge on any atom is 0.137 e. The Kier molecular flexibility index (Phi) is 8.01. The second-order valence-corrected chi connectivity index (χ2v) is 15.4. The van der Waals surface area contributed by atoms with Gasteiger partial charge in [0.25, 0.3) is 0 Å². The molecular weight excluding hydrogens is 713 g/mol. The van der Waals surface area contributed by atoms with Crippen molar-refractivity contribution >= 4 is 71.3 Å². The van der Waals surface area contributed by atoms with Gasteiger partial charge in [-0.2, -0.15) is 0 Å². The van der Waals surface area contributed by atoms with E-state index in [1.807, 2.05) is 6.07 Å². The van der Waals surface area contributed by atoms with Crippen LogP contribution < -0.4 is 4.90 Å². The molecule has 0 unspecified atom stereocenters. The highest BCUT2D eigenvalue weighted by atomic mass is 32.1.